The average molecular weight is 237 g/mol. The Morgan fingerprint density at radius 2 is 1.62 bits per heavy atom. The molecule has 1 aromatic rings. The number of unbranched alkanes of at least 4 members (excludes halogenated alkanes) is 1. The molecule has 0 N–H and O–H groups in total. The average Bonchev–Trinajstić information content (AvgIpc) is 2.07. The zero-order chi connectivity index (χ0) is 8.53. The summed E-state index contributed by atoms with van der Waals surface area (Å²) in [5, 5.41) is 0. The summed E-state index contributed by atoms with van der Waals surface area (Å²) in [7, 11) is 0. The van der Waals surface area contributed by atoms with Crippen molar-refractivity contribution in [2.45, 2.75) is 24.7 Å². The van der Waals surface area contributed by atoms with Crippen LogP contribution in [0.5, 0.6) is 0 Å². The third-order valence-electron chi connectivity index (χ3n) is 1.10. The van der Waals surface area contributed by atoms with Crippen LogP contribution in [0.15, 0.2) is 35.2 Å². The maximum absolute atomic E-state index is 4.81. The maximum Gasteiger partial charge on any atom is 2.00 e. The van der Waals surface area contributed by atoms with Crippen molar-refractivity contribution in [2.75, 3.05) is 0 Å². The number of hydrogen-bond donors (Lipinski definition) is 0. The van der Waals surface area contributed by atoms with Crippen molar-refractivity contribution in [3.8, 4) is 0 Å². The van der Waals surface area contributed by atoms with Crippen molar-refractivity contribution in [3.05, 3.63) is 37.3 Å². The van der Waals surface area contributed by atoms with Gasteiger partial charge in [0.2, 0.25) is 0 Å². The second-order valence-corrected chi connectivity index (χ2v) is 2.64. The molecule has 0 spiro atoms. The van der Waals surface area contributed by atoms with E-state index >= 15 is 0 Å². The molecule has 0 saturated carbocycles. The van der Waals surface area contributed by atoms with Crippen LogP contribution in [0.3, 0.4) is 0 Å². The van der Waals surface area contributed by atoms with Crippen LogP contribution in [0, 0.1) is 6.92 Å². The molecule has 1 aromatic carbocycles. The molecule has 3 heteroatoms. The van der Waals surface area contributed by atoms with Crippen molar-refractivity contribution >= 4 is 31.5 Å². The first-order valence-corrected chi connectivity index (χ1v) is 4.23. The van der Waals surface area contributed by atoms with Gasteiger partial charge in [-0.1, -0.05) is 43.7 Å². The molecule has 0 aliphatic carbocycles. The van der Waals surface area contributed by atoms with Gasteiger partial charge in [0, 0.05) is 18.9 Å². The predicted molar refractivity (Wildman–Crippen MR) is 58.1 cm³/mol. The molecule has 0 fully saturated rings. The van der Waals surface area contributed by atoms with Gasteiger partial charge in [0.05, 0.1) is 0 Å². The first-order valence-electron chi connectivity index (χ1n) is 3.82. The second kappa shape index (κ2) is 15.0. The minimum absolute atomic E-state index is 0. The summed E-state index contributed by atoms with van der Waals surface area (Å²) in [5.74, 6) is 0. The Labute approximate surface area is 110 Å². The number of rotatable bonds is 1. The fraction of sp³-hybridized carbons (Fsp3) is 0.300. The Kier molecular flexibility index (Phi) is 22.2. The smallest absolute Gasteiger partial charge is 0.780 e. The molecule has 0 nitrogen and oxygen atoms in total. The topological polar surface area (TPSA) is 0 Å². The van der Waals surface area contributed by atoms with Crippen molar-refractivity contribution in [1.82, 2.24) is 0 Å². The third-order valence-corrected chi connectivity index (χ3v) is 1.37. The van der Waals surface area contributed by atoms with E-state index in [1.54, 1.807) is 0 Å². The van der Waals surface area contributed by atoms with E-state index in [4.69, 9.17) is 12.6 Å². The second-order valence-electron chi connectivity index (χ2n) is 2.17. The molecule has 0 aromatic heterocycles. The monoisotopic (exact) mass is 236 g/mol. The predicted octanol–water partition coefficient (Wildman–Crippen LogP) is 2.83. The van der Waals surface area contributed by atoms with Gasteiger partial charge < -0.3 is 19.6 Å². The molecule has 72 valence electrons. The molecule has 0 bridgehead atoms. The summed E-state index contributed by atoms with van der Waals surface area (Å²) in [6.07, 6.45) is 2.28. The van der Waals surface area contributed by atoms with Gasteiger partial charge >= 0.3 is 17.1 Å². The van der Waals surface area contributed by atoms with E-state index in [-0.39, 0.29) is 35.9 Å². The molecule has 0 saturated heterocycles. The molecule has 13 heavy (non-hydrogen) atoms. The van der Waals surface area contributed by atoms with Crippen LogP contribution in [0.1, 0.15) is 19.8 Å². The zero-order valence-electron chi connectivity index (χ0n) is 8.22. The van der Waals surface area contributed by atoms with Gasteiger partial charge in [-0.3, -0.25) is 0 Å². The first-order chi connectivity index (χ1) is 5.31. The van der Waals surface area contributed by atoms with E-state index in [0.29, 0.717) is 0 Å². The van der Waals surface area contributed by atoms with E-state index in [9.17, 15) is 0 Å². The normalized spacial score (nSPS) is 6.92. The van der Waals surface area contributed by atoms with Crippen molar-refractivity contribution < 1.29 is 17.1 Å². The van der Waals surface area contributed by atoms with Crippen molar-refractivity contribution in [2.24, 2.45) is 0 Å². The van der Waals surface area contributed by atoms with Gasteiger partial charge in [-0.05, 0) is 0 Å². The van der Waals surface area contributed by atoms with E-state index in [0.717, 1.165) is 11.3 Å². The van der Waals surface area contributed by atoms with Gasteiger partial charge in [-0.2, -0.15) is 11.3 Å². The van der Waals surface area contributed by atoms with Crippen LogP contribution < -0.4 is 0 Å². The van der Waals surface area contributed by atoms with Crippen LogP contribution in [-0.4, -0.2) is 18.9 Å². The summed E-state index contributed by atoms with van der Waals surface area (Å²) in [6, 6.07) is 9.62. The molecule has 0 aliphatic heterocycles. The van der Waals surface area contributed by atoms with Gasteiger partial charge in [-0.15, -0.1) is 0 Å². The van der Waals surface area contributed by atoms with Gasteiger partial charge in [0.1, 0.15) is 0 Å². The van der Waals surface area contributed by atoms with Crippen molar-refractivity contribution in [1.29, 1.82) is 0 Å². The van der Waals surface area contributed by atoms with Crippen LogP contribution in [0.25, 0.3) is 0 Å². The minimum atomic E-state index is 0. The van der Waals surface area contributed by atoms with Crippen LogP contribution in [0.4, 0.5) is 0 Å². The Morgan fingerprint density at radius 3 is 1.77 bits per heavy atom. The summed E-state index contributed by atoms with van der Waals surface area (Å²) in [5.41, 5.74) is 0. The molecule has 2 radical (unpaired) electrons. The fourth-order valence-corrected chi connectivity index (χ4v) is 0.578. The Bertz CT molecular complexity index is 166. The zero-order valence-corrected chi connectivity index (χ0v) is 9.98. The van der Waals surface area contributed by atoms with E-state index < -0.39 is 0 Å². The standard InChI is InChI=1S/C6H6S.C4H9.Cu.Li/c7-6-4-2-1-3-5-6;1-3-4-2;;/h1-5,7H;1,3-4H2,2H3;;/q;-1;+2;/p-1. The fourth-order valence-electron chi connectivity index (χ4n) is 0.420. The van der Waals surface area contributed by atoms with Gasteiger partial charge in [0.15, 0.2) is 0 Å². The minimum Gasteiger partial charge on any atom is -0.780 e. The van der Waals surface area contributed by atoms with E-state index in [1.165, 1.54) is 6.42 Å². The first kappa shape index (κ1) is 19.2. The number of hydrogen-bond acceptors (Lipinski definition) is 1. The van der Waals surface area contributed by atoms with E-state index in [1.807, 2.05) is 30.3 Å². The van der Waals surface area contributed by atoms with Gasteiger partial charge in [0.25, 0.3) is 0 Å². The largest absolute Gasteiger partial charge is 2.00 e. The van der Waals surface area contributed by atoms with Crippen LogP contribution >= 0.6 is 0 Å². The SMILES string of the molecule is [CH2-]CCC.[Cu+2].[Li].[S-]c1ccccc1. The molecule has 0 atom stereocenters. The maximum atomic E-state index is 4.81. The van der Waals surface area contributed by atoms with Crippen molar-refractivity contribution in [3.63, 3.8) is 0 Å². The molecule has 1 rings (SSSR count). The molecule has 0 heterocycles. The summed E-state index contributed by atoms with van der Waals surface area (Å²) in [4.78, 5) is 0.905. The molecular formula is C10H14CuLiS. The molecular weight excluding hydrogens is 223 g/mol. The van der Waals surface area contributed by atoms with Crippen LogP contribution in [-0.2, 0) is 29.7 Å². The van der Waals surface area contributed by atoms with Crippen LogP contribution in [0.2, 0.25) is 0 Å². The van der Waals surface area contributed by atoms with Gasteiger partial charge in [-0.25, -0.2) is 0 Å². The molecule has 0 amide bonds. The summed E-state index contributed by atoms with van der Waals surface area (Å²) < 4.78 is 0. The Balaban J connectivity index is -0.000000150. The number of benzene rings is 1. The quantitative estimate of drug-likeness (QED) is 0.411. The molecule has 0 aliphatic rings. The Hall–Kier alpha value is 0.557. The van der Waals surface area contributed by atoms with E-state index in [2.05, 4.69) is 13.8 Å². The third kappa shape index (κ3) is 15.3. The summed E-state index contributed by atoms with van der Waals surface area (Å²) in [6.45, 7) is 5.72. The molecule has 0 unspecified atom stereocenters. The summed E-state index contributed by atoms with van der Waals surface area (Å²) >= 11 is 4.81. The Morgan fingerprint density at radius 1 is 1.23 bits per heavy atom.